The molecule has 2 N–H and O–H groups in total. The summed E-state index contributed by atoms with van der Waals surface area (Å²) in [6.07, 6.45) is 11.0. The van der Waals surface area contributed by atoms with Crippen molar-refractivity contribution in [2.45, 2.75) is 77.6 Å². The van der Waals surface area contributed by atoms with Crippen molar-refractivity contribution >= 4 is 17.8 Å². The van der Waals surface area contributed by atoms with E-state index in [4.69, 9.17) is 9.47 Å². The van der Waals surface area contributed by atoms with Crippen molar-refractivity contribution in [2.24, 2.45) is 5.92 Å². The summed E-state index contributed by atoms with van der Waals surface area (Å²) in [5.41, 5.74) is 1.35. The van der Waals surface area contributed by atoms with Gasteiger partial charge in [-0.15, -0.1) is 0 Å². The number of carbonyl (C=O) groups excluding carboxylic acids is 1. The first-order valence-electron chi connectivity index (χ1n) is 14.6. The molecule has 0 atom stereocenters. The zero-order valence-electron chi connectivity index (χ0n) is 23.6. The molecule has 2 aromatic rings. The Labute approximate surface area is 237 Å². The molecule has 0 aromatic heterocycles. The number of carbonyl (C=O) groups is 3. The fourth-order valence-corrected chi connectivity index (χ4v) is 4.92. The van der Waals surface area contributed by atoms with Crippen molar-refractivity contribution in [1.82, 2.24) is 4.90 Å². The van der Waals surface area contributed by atoms with Crippen LogP contribution < -0.4 is 9.47 Å². The second-order valence-corrected chi connectivity index (χ2v) is 10.5. The Kier molecular flexibility index (Phi) is 12.8. The molecule has 2 aromatic carbocycles. The summed E-state index contributed by atoms with van der Waals surface area (Å²) in [5, 5.41) is 18.6. The maximum Gasteiger partial charge on any atom is 0.335 e. The van der Waals surface area contributed by atoms with Crippen molar-refractivity contribution in [3.63, 3.8) is 0 Å². The first kappa shape index (κ1) is 31.0. The van der Waals surface area contributed by atoms with E-state index in [-0.39, 0.29) is 17.0 Å². The highest BCUT2D eigenvalue weighted by atomic mass is 16.5. The molecule has 1 amide bonds. The standard InChI is InChI=1S/C32H43NO7/c1-2-3-4-5-6-7-8-21-39-27-14-11-24(12-15-27)10-9-22-40-29-16-13-26(32(37)38)23-28(29)30(34)33-19-17-25(18-20-33)31(35)36/h11-16,23,25H,2-10,17-22H2,1H3,(H,35,36)(H,37,38). The summed E-state index contributed by atoms with van der Waals surface area (Å²) in [6, 6.07) is 12.4. The van der Waals surface area contributed by atoms with E-state index in [1.807, 2.05) is 12.1 Å². The smallest absolute Gasteiger partial charge is 0.335 e. The lowest BCUT2D eigenvalue weighted by Crippen LogP contribution is -2.40. The van der Waals surface area contributed by atoms with E-state index in [0.717, 1.165) is 37.2 Å². The minimum Gasteiger partial charge on any atom is -0.494 e. The Morgan fingerprint density at radius 1 is 0.825 bits per heavy atom. The summed E-state index contributed by atoms with van der Waals surface area (Å²) in [7, 11) is 0. The molecule has 0 aliphatic carbocycles. The van der Waals surface area contributed by atoms with Crippen molar-refractivity contribution in [2.75, 3.05) is 26.3 Å². The molecule has 8 nitrogen and oxygen atoms in total. The van der Waals surface area contributed by atoms with Gasteiger partial charge in [0.15, 0.2) is 0 Å². The van der Waals surface area contributed by atoms with Crippen LogP contribution in [0.25, 0.3) is 0 Å². The van der Waals surface area contributed by atoms with Crippen LogP contribution in [-0.4, -0.2) is 59.3 Å². The highest BCUT2D eigenvalue weighted by Gasteiger charge is 2.29. The number of piperidine rings is 1. The average Bonchev–Trinajstić information content (AvgIpc) is 2.97. The van der Waals surface area contributed by atoms with E-state index in [1.165, 1.54) is 56.7 Å². The van der Waals surface area contributed by atoms with Crippen LogP contribution in [0.3, 0.4) is 0 Å². The van der Waals surface area contributed by atoms with Crippen LogP contribution in [0.15, 0.2) is 42.5 Å². The van der Waals surface area contributed by atoms with Gasteiger partial charge < -0.3 is 24.6 Å². The Morgan fingerprint density at radius 3 is 2.12 bits per heavy atom. The van der Waals surface area contributed by atoms with Crippen molar-refractivity contribution < 1.29 is 34.1 Å². The molecule has 1 aliphatic heterocycles. The predicted octanol–water partition coefficient (Wildman–Crippen LogP) is 6.46. The van der Waals surface area contributed by atoms with Gasteiger partial charge in [-0.05, 0) is 68.0 Å². The van der Waals surface area contributed by atoms with E-state index in [9.17, 15) is 24.6 Å². The highest BCUT2D eigenvalue weighted by Crippen LogP contribution is 2.26. The van der Waals surface area contributed by atoms with Crippen LogP contribution in [0, 0.1) is 5.92 Å². The second-order valence-electron chi connectivity index (χ2n) is 10.5. The van der Waals surface area contributed by atoms with E-state index < -0.39 is 17.9 Å². The fraction of sp³-hybridized carbons (Fsp3) is 0.531. The van der Waals surface area contributed by atoms with Crippen LogP contribution in [0.1, 0.15) is 97.4 Å². The number of ether oxygens (including phenoxy) is 2. The molecule has 0 saturated carbocycles. The number of aromatic carboxylic acids is 1. The largest absolute Gasteiger partial charge is 0.494 e. The quantitative estimate of drug-likeness (QED) is 0.216. The number of carboxylic acids is 2. The third-order valence-electron chi connectivity index (χ3n) is 7.40. The van der Waals surface area contributed by atoms with Gasteiger partial charge in [-0.3, -0.25) is 9.59 Å². The van der Waals surface area contributed by atoms with Crippen molar-refractivity contribution in [3.05, 3.63) is 59.2 Å². The number of rotatable bonds is 17. The number of aryl methyl sites for hydroxylation is 1. The molecule has 218 valence electrons. The van der Waals surface area contributed by atoms with Gasteiger partial charge in [0, 0.05) is 13.1 Å². The first-order valence-corrected chi connectivity index (χ1v) is 14.6. The van der Waals surface area contributed by atoms with Gasteiger partial charge in [0.25, 0.3) is 5.91 Å². The molecule has 1 saturated heterocycles. The summed E-state index contributed by atoms with van der Waals surface area (Å²) in [4.78, 5) is 37.5. The normalized spacial score (nSPS) is 13.7. The number of amides is 1. The summed E-state index contributed by atoms with van der Waals surface area (Å²) in [6.45, 7) is 3.95. The molecular weight excluding hydrogens is 510 g/mol. The Morgan fingerprint density at radius 2 is 1.48 bits per heavy atom. The first-order chi connectivity index (χ1) is 19.4. The Hall–Kier alpha value is -3.55. The van der Waals surface area contributed by atoms with E-state index in [1.54, 1.807) is 4.90 Å². The molecule has 0 radical (unpaired) electrons. The third kappa shape index (κ3) is 9.88. The maximum atomic E-state index is 13.2. The summed E-state index contributed by atoms with van der Waals surface area (Å²) >= 11 is 0. The number of aliphatic carboxylic acids is 1. The van der Waals surface area contributed by atoms with Crippen LogP contribution in [0.2, 0.25) is 0 Å². The number of hydrogen-bond acceptors (Lipinski definition) is 5. The molecule has 40 heavy (non-hydrogen) atoms. The molecule has 1 fully saturated rings. The molecule has 0 spiro atoms. The van der Waals surface area contributed by atoms with Gasteiger partial charge in [-0.2, -0.15) is 0 Å². The monoisotopic (exact) mass is 553 g/mol. The molecule has 0 bridgehead atoms. The van der Waals surface area contributed by atoms with Gasteiger partial charge >= 0.3 is 11.9 Å². The molecule has 8 heteroatoms. The van der Waals surface area contributed by atoms with Gasteiger partial charge in [-0.1, -0.05) is 57.6 Å². The second kappa shape index (κ2) is 16.5. The lowest BCUT2D eigenvalue weighted by atomic mass is 9.96. The van der Waals surface area contributed by atoms with Crippen LogP contribution in [0.4, 0.5) is 0 Å². The van der Waals surface area contributed by atoms with Crippen LogP contribution in [-0.2, 0) is 11.2 Å². The summed E-state index contributed by atoms with van der Waals surface area (Å²) < 4.78 is 11.8. The number of hydrogen-bond donors (Lipinski definition) is 2. The zero-order valence-corrected chi connectivity index (χ0v) is 23.6. The van der Waals surface area contributed by atoms with Crippen molar-refractivity contribution in [3.8, 4) is 11.5 Å². The molecular formula is C32H43NO7. The summed E-state index contributed by atoms with van der Waals surface area (Å²) in [5.74, 6) is -1.57. The van der Waals surface area contributed by atoms with Crippen LogP contribution >= 0.6 is 0 Å². The zero-order chi connectivity index (χ0) is 28.7. The number of likely N-dealkylation sites (tertiary alicyclic amines) is 1. The van der Waals surface area contributed by atoms with Crippen LogP contribution in [0.5, 0.6) is 11.5 Å². The van der Waals surface area contributed by atoms with Gasteiger partial charge in [-0.25, -0.2) is 4.79 Å². The minimum absolute atomic E-state index is 0.00500. The fourth-order valence-electron chi connectivity index (χ4n) is 4.92. The van der Waals surface area contributed by atoms with E-state index in [0.29, 0.717) is 38.3 Å². The molecule has 3 rings (SSSR count). The third-order valence-corrected chi connectivity index (χ3v) is 7.40. The minimum atomic E-state index is -1.12. The lowest BCUT2D eigenvalue weighted by molar-refractivity contribution is -0.143. The number of unbranched alkanes of at least 4 members (excludes halogenated alkanes) is 6. The number of benzene rings is 2. The average molecular weight is 554 g/mol. The SMILES string of the molecule is CCCCCCCCCOc1ccc(CCCOc2ccc(C(=O)O)cc2C(=O)N2CCC(C(=O)O)CC2)cc1. The number of carboxylic acid groups (broad SMARTS) is 2. The Balaban J connectivity index is 1.45. The molecule has 1 heterocycles. The topological polar surface area (TPSA) is 113 Å². The van der Waals surface area contributed by atoms with E-state index in [2.05, 4.69) is 19.1 Å². The van der Waals surface area contributed by atoms with Gasteiger partial charge in [0.05, 0.1) is 30.3 Å². The Bertz CT molecular complexity index is 1090. The highest BCUT2D eigenvalue weighted by molar-refractivity contribution is 6.00. The van der Waals surface area contributed by atoms with Gasteiger partial charge in [0.2, 0.25) is 0 Å². The van der Waals surface area contributed by atoms with Crippen molar-refractivity contribution in [1.29, 1.82) is 0 Å². The van der Waals surface area contributed by atoms with Gasteiger partial charge in [0.1, 0.15) is 11.5 Å². The molecule has 1 aliphatic rings. The molecule has 0 unspecified atom stereocenters. The predicted molar refractivity (Wildman–Crippen MR) is 153 cm³/mol. The maximum absolute atomic E-state index is 13.2. The lowest BCUT2D eigenvalue weighted by Gasteiger charge is -2.30. The van der Waals surface area contributed by atoms with E-state index >= 15 is 0 Å². The number of nitrogens with zero attached hydrogens (tertiary/aromatic N) is 1.